The summed E-state index contributed by atoms with van der Waals surface area (Å²) in [5.74, 6) is 0. The Hall–Kier alpha value is -3.60. The number of hydrazine groups is 1. The Balaban J connectivity index is 2.96. The van der Waals surface area contributed by atoms with Crippen molar-refractivity contribution in [3.05, 3.63) is 57.3 Å². The van der Waals surface area contributed by atoms with Crippen molar-refractivity contribution in [1.29, 1.82) is 0 Å². The molecule has 0 aliphatic rings. The summed E-state index contributed by atoms with van der Waals surface area (Å²) in [6, 6.07) is 9.25. The van der Waals surface area contributed by atoms with Crippen molar-refractivity contribution >= 4 is 43.8 Å². The minimum absolute atomic E-state index is 0.446. The highest BCUT2D eigenvalue weighted by molar-refractivity contribution is 7.89. The Morgan fingerprint density at radius 2 is 1.53 bits per heavy atom. The van der Waals surface area contributed by atoms with E-state index in [1.807, 2.05) is 5.43 Å². The Labute approximate surface area is 169 Å². The van der Waals surface area contributed by atoms with Crippen LogP contribution in [0.4, 0.5) is 11.4 Å². The monoisotopic (exact) mass is 456 g/mol. The second-order valence-corrected chi connectivity index (χ2v) is 8.03. The highest BCUT2D eigenvalue weighted by Gasteiger charge is 2.32. The molecule has 0 saturated heterocycles. The molecular formula is C14H12N6O8S2. The van der Waals surface area contributed by atoms with Crippen LogP contribution in [0, 0.1) is 9.81 Å². The second-order valence-electron chi connectivity index (χ2n) is 5.31. The zero-order valence-corrected chi connectivity index (χ0v) is 16.2. The van der Waals surface area contributed by atoms with Crippen molar-refractivity contribution in [1.82, 2.24) is 5.53 Å². The number of rotatable bonds is 9. The average Bonchev–Trinajstić information content (AvgIpc) is 2.68. The quantitative estimate of drug-likeness (QED) is 0.142. The number of nitroso groups, excluding NO2 is 2. The van der Waals surface area contributed by atoms with Crippen LogP contribution in [0.15, 0.2) is 67.1 Å². The van der Waals surface area contributed by atoms with E-state index >= 15 is 0 Å². The van der Waals surface area contributed by atoms with Gasteiger partial charge in [0, 0.05) is 0 Å². The first kappa shape index (κ1) is 22.7. The highest BCUT2D eigenvalue weighted by atomic mass is 32.2. The molecule has 16 heteroatoms. The SMILES string of the molecule is O=NN=Nc1cc(C=Cc2ccccc2)c(S(=O)(=O)O)c(S(=O)(=O)O)c1NNN=O. The van der Waals surface area contributed by atoms with Crippen LogP contribution in [-0.2, 0) is 20.2 Å². The van der Waals surface area contributed by atoms with Crippen LogP contribution in [0.5, 0.6) is 0 Å². The number of nitrogens with one attached hydrogen (secondary N) is 2. The molecule has 0 radical (unpaired) electrons. The summed E-state index contributed by atoms with van der Waals surface area (Å²) in [5, 5.41) is 10.4. The van der Waals surface area contributed by atoms with Crippen LogP contribution in [0.3, 0.4) is 0 Å². The number of hydrogen-bond acceptors (Lipinski definition) is 9. The van der Waals surface area contributed by atoms with Gasteiger partial charge < -0.3 is 0 Å². The smallest absolute Gasteiger partial charge is 0.282 e. The molecule has 0 bridgehead atoms. The van der Waals surface area contributed by atoms with Gasteiger partial charge in [0.2, 0.25) is 0 Å². The van der Waals surface area contributed by atoms with Gasteiger partial charge >= 0.3 is 0 Å². The molecule has 2 rings (SSSR count). The summed E-state index contributed by atoms with van der Waals surface area (Å²) in [6.07, 6.45) is 2.48. The summed E-state index contributed by atoms with van der Waals surface area (Å²) < 4.78 is 67.1. The molecule has 14 nitrogen and oxygen atoms in total. The van der Waals surface area contributed by atoms with Crippen LogP contribution in [0.25, 0.3) is 12.2 Å². The molecule has 4 N–H and O–H groups in total. The topological polar surface area (TPSA) is 216 Å². The van der Waals surface area contributed by atoms with Crippen LogP contribution in [0.2, 0.25) is 0 Å². The van der Waals surface area contributed by atoms with E-state index in [0.29, 0.717) is 5.56 Å². The van der Waals surface area contributed by atoms with Crippen molar-refractivity contribution in [2.24, 2.45) is 20.9 Å². The van der Waals surface area contributed by atoms with E-state index in [1.165, 1.54) is 6.08 Å². The van der Waals surface area contributed by atoms with Crippen molar-refractivity contribution in [2.45, 2.75) is 9.79 Å². The lowest BCUT2D eigenvalue weighted by Crippen LogP contribution is -2.19. The van der Waals surface area contributed by atoms with E-state index in [2.05, 4.69) is 20.9 Å². The average molecular weight is 456 g/mol. The first-order valence-electron chi connectivity index (χ1n) is 7.55. The van der Waals surface area contributed by atoms with Gasteiger partial charge in [0.05, 0.1) is 5.29 Å². The van der Waals surface area contributed by atoms with Crippen LogP contribution >= 0.6 is 0 Å². The predicted octanol–water partition coefficient (Wildman–Crippen LogP) is 2.71. The summed E-state index contributed by atoms with van der Waals surface area (Å²) >= 11 is 0. The minimum atomic E-state index is -5.36. The Morgan fingerprint density at radius 1 is 0.900 bits per heavy atom. The summed E-state index contributed by atoms with van der Waals surface area (Å²) in [4.78, 5) is 18.0. The van der Waals surface area contributed by atoms with Crippen molar-refractivity contribution in [3.8, 4) is 0 Å². The molecule has 0 aliphatic carbocycles. The Morgan fingerprint density at radius 3 is 2.07 bits per heavy atom. The van der Waals surface area contributed by atoms with Gasteiger partial charge in [-0.05, 0) is 22.4 Å². The van der Waals surface area contributed by atoms with Gasteiger partial charge in [-0.15, -0.1) is 14.9 Å². The van der Waals surface area contributed by atoms with Gasteiger partial charge in [-0.3, -0.25) is 14.5 Å². The maximum absolute atomic E-state index is 12.0. The Bertz CT molecular complexity index is 1230. The first-order valence-corrected chi connectivity index (χ1v) is 10.4. The fraction of sp³-hybridized carbons (Fsp3) is 0. The molecule has 0 amide bonds. The van der Waals surface area contributed by atoms with Crippen LogP contribution in [-0.4, -0.2) is 25.9 Å². The zero-order chi connectivity index (χ0) is 22.4. The van der Waals surface area contributed by atoms with Gasteiger partial charge in [0.25, 0.3) is 20.2 Å². The lowest BCUT2D eigenvalue weighted by molar-refractivity contribution is 0.466. The molecule has 0 saturated carbocycles. The first-order chi connectivity index (χ1) is 14.1. The molecule has 0 unspecified atom stereocenters. The fourth-order valence-electron chi connectivity index (χ4n) is 2.38. The number of benzene rings is 2. The lowest BCUT2D eigenvalue weighted by atomic mass is 10.1. The molecule has 0 fully saturated rings. The standard InChI is InChI=1S/C14H12N6O8S2/c21-19-17-15-11-8-10(7-6-9-4-2-1-3-5-9)13(29(23,24)25)14(30(26,27)28)12(11)16-18-20-22/h1-8H,(H,16,20)(H,18,22)(H,23,24,25)(H,26,27,28). The molecule has 0 atom stereocenters. The molecule has 0 aromatic heterocycles. The van der Waals surface area contributed by atoms with Crippen molar-refractivity contribution in [3.63, 3.8) is 0 Å². The third-order valence-corrected chi connectivity index (χ3v) is 5.44. The van der Waals surface area contributed by atoms with E-state index in [-0.39, 0.29) is 0 Å². The van der Waals surface area contributed by atoms with E-state index in [1.54, 1.807) is 35.9 Å². The molecule has 0 heterocycles. The zero-order valence-electron chi connectivity index (χ0n) is 14.6. The second kappa shape index (κ2) is 9.27. The third kappa shape index (κ3) is 5.47. The summed E-state index contributed by atoms with van der Waals surface area (Å²) in [7, 11) is -10.6. The van der Waals surface area contributed by atoms with Gasteiger partial charge in [-0.2, -0.15) is 22.4 Å². The van der Waals surface area contributed by atoms with Crippen LogP contribution in [0.1, 0.15) is 11.1 Å². The molecule has 158 valence electrons. The summed E-state index contributed by atoms with van der Waals surface area (Å²) in [5.41, 5.74) is 2.21. The normalized spacial score (nSPS) is 12.2. The van der Waals surface area contributed by atoms with E-state index < -0.39 is 47.0 Å². The van der Waals surface area contributed by atoms with Gasteiger partial charge in [-0.25, -0.2) is 0 Å². The van der Waals surface area contributed by atoms with Crippen molar-refractivity contribution < 1.29 is 25.9 Å². The number of anilines is 1. The molecular weight excluding hydrogens is 444 g/mol. The molecule has 2 aromatic rings. The lowest BCUT2D eigenvalue weighted by Gasteiger charge is -2.16. The van der Waals surface area contributed by atoms with Gasteiger partial charge in [-0.1, -0.05) is 42.5 Å². The van der Waals surface area contributed by atoms with Crippen molar-refractivity contribution in [2.75, 3.05) is 5.43 Å². The van der Waals surface area contributed by atoms with E-state index in [9.17, 15) is 35.8 Å². The minimum Gasteiger partial charge on any atom is -0.282 e. The largest absolute Gasteiger partial charge is 0.298 e. The summed E-state index contributed by atoms with van der Waals surface area (Å²) in [6.45, 7) is 0. The third-order valence-electron chi connectivity index (χ3n) is 3.43. The highest BCUT2D eigenvalue weighted by Crippen LogP contribution is 2.40. The van der Waals surface area contributed by atoms with Crippen LogP contribution < -0.4 is 11.0 Å². The molecule has 2 aromatic carbocycles. The van der Waals surface area contributed by atoms with E-state index in [4.69, 9.17) is 0 Å². The maximum Gasteiger partial charge on any atom is 0.298 e. The molecule has 30 heavy (non-hydrogen) atoms. The van der Waals surface area contributed by atoms with E-state index in [0.717, 1.165) is 12.1 Å². The molecule has 0 aliphatic heterocycles. The predicted molar refractivity (Wildman–Crippen MR) is 104 cm³/mol. The fourth-order valence-corrected chi connectivity index (χ4v) is 4.54. The maximum atomic E-state index is 12.0. The van der Waals surface area contributed by atoms with Gasteiger partial charge in [0.15, 0.2) is 0 Å². The number of nitrogens with zero attached hydrogens (tertiary/aromatic N) is 4. The molecule has 0 spiro atoms. The number of hydrogen-bond donors (Lipinski definition) is 4. The van der Waals surface area contributed by atoms with Gasteiger partial charge in [0.1, 0.15) is 26.5 Å². The Kier molecular flexibility index (Phi) is 7.01.